The van der Waals surface area contributed by atoms with E-state index in [1.54, 1.807) is 31.5 Å². The Labute approximate surface area is 282 Å². The van der Waals surface area contributed by atoms with Crippen molar-refractivity contribution in [3.8, 4) is 5.75 Å². The van der Waals surface area contributed by atoms with Crippen molar-refractivity contribution in [3.05, 3.63) is 41.2 Å². The first kappa shape index (κ1) is 44.2. The van der Waals surface area contributed by atoms with Gasteiger partial charge in [-0.15, -0.1) is 0 Å². The molecule has 2 rings (SSSR count). The number of carboxylic acid groups (broad SMARTS) is 1. The molecule has 3 unspecified atom stereocenters. The van der Waals surface area contributed by atoms with E-state index in [4.69, 9.17) is 30.6 Å². The Hall–Kier alpha value is -3.84. The summed E-state index contributed by atoms with van der Waals surface area (Å²) in [4.78, 5) is 44.4. The Morgan fingerprint density at radius 1 is 1.12 bits per heavy atom. The number of carbonyl (C=O) groups is 3. The summed E-state index contributed by atoms with van der Waals surface area (Å²) in [6.45, 7) is 7.02. The van der Waals surface area contributed by atoms with E-state index in [1.165, 1.54) is 27.2 Å². The normalized spacial score (nSPS) is 17.7. The molecular weight excluding hydrogens is 630 g/mol. The molecule has 1 fully saturated rings. The lowest BCUT2D eigenvalue weighted by Gasteiger charge is -2.31. The smallest absolute Gasteiger partial charge is 0.333 e. The van der Waals surface area contributed by atoms with Crippen LogP contribution < -0.4 is 37.6 Å². The highest BCUT2D eigenvalue weighted by atomic mass is 16.7. The lowest BCUT2D eigenvalue weighted by atomic mass is 10.0. The molecule has 0 bridgehead atoms. The minimum Gasteiger partial charge on any atom is -0.479 e. The number of aliphatic imine (C=N–C) groups is 1. The third-order valence-electron chi connectivity index (χ3n) is 6.13. The lowest BCUT2D eigenvalue weighted by molar-refractivity contribution is -0.195. The quantitative estimate of drug-likeness (QED) is 0.0592. The second kappa shape index (κ2) is 25.2. The molecular formula is C31H55N7O10. The van der Waals surface area contributed by atoms with Gasteiger partial charge in [-0.1, -0.05) is 6.07 Å². The minimum atomic E-state index is -1.21. The van der Waals surface area contributed by atoms with Crippen molar-refractivity contribution in [2.24, 2.45) is 16.6 Å². The molecule has 17 heteroatoms. The van der Waals surface area contributed by atoms with Crippen LogP contribution in [0, 0.1) is 0 Å². The molecule has 0 spiro atoms. The lowest BCUT2D eigenvalue weighted by Crippen LogP contribution is -2.46. The van der Waals surface area contributed by atoms with Crippen LogP contribution in [0.1, 0.15) is 49.5 Å². The highest BCUT2D eigenvalue weighted by molar-refractivity contribution is 5.97. The van der Waals surface area contributed by atoms with Crippen LogP contribution in [0.5, 0.6) is 5.75 Å². The van der Waals surface area contributed by atoms with Crippen LogP contribution in [0.15, 0.2) is 35.1 Å². The fraction of sp³-hybridized carbons (Fsp3) is 0.613. The molecule has 10 N–H and O–H groups in total. The molecule has 1 saturated heterocycles. The molecule has 1 aliphatic rings. The van der Waals surface area contributed by atoms with E-state index in [0.29, 0.717) is 0 Å². The van der Waals surface area contributed by atoms with Crippen LogP contribution in [-0.2, 0) is 35.2 Å². The molecule has 1 aromatic carbocycles. The molecule has 48 heavy (non-hydrogen) atoms. The van der Waals surface area contributed by atoms with Gasteiger partial charge in [0.25, 0.3) is 11.8 Å². The number of nitrogens with zero attached hydrogens (tertiary/aromatic N) is 1. The number of aliphatic hydroxyl groups is 1. The summed E-state index contributed by atoms with van der Waals surface area (Å²) in [6.07, 6.45) is 0.0366. The molecule has 3 atom stereocenters. The first-order chi connectivity index (χ1) is 22.8. The van der Waals surface area contributed by atoms with Gasteiger partial charge in [0, 0.05) is 59.0 Å². The summed E-state index contributed by atoms with van der Waals surface area (Å²) >= 11 is 0. The maximum atomic E-state index is 12.9. The maximum absolute atomic E-state index is 12.9. The Morgan fingerprint density at radius 3 is 2.31 bits per heavy atom. The minimum absolute atomic E-state index is 0.0441. The van der Waals surface area contributed by atoms with Crippen molar-refractivity contribution in [1.82, 2.24) is 21.3 Å². The van der Waals surface area contributed by atoms with Crippen LogP contribution in [0.3, 0.4) is 0 Å². The number of benzene rings is 1. The van der Waals surface area contributed by atoms with E-state index in [9.17, 15) is 24.6 Å². The Bertz CT molecular complexity index is 1150. The summed E-state index contributed by atoms with van der Waals surface area (Å²) in [6, 6.07) is 4.87. The van der Waals surface area contributed by atoms with Crippen LogP contribution in [0.4, 0.5) is 0 Å². The first-order valence-electron chi connectivity index (χ1n) is 15.4. The molecule has 0 aromatic heterocycles. The SMILES string of the molecule is CCN/C(C=NC)=C/N.CNC.COCc1ccc(OC2CC(O)CC(C(=O)O)O2)c(C(=O)NCCOCCNC(=O)C(C)(C)ON)c1. The topological polar surface area (TPSA) is 250 Å². The zero-order chi connectivity index (χ0) is 36.5. The number of nitrogens with two attached hydrogens (primary N) is 2. The van der Waals surface area contributed by atoms with E-state index < -0.39 is 36.0 Å². The Kier molecular flexibility index (Phi) is 23.2. The number of amides is 2. The Balaban J connectivity index is 0.00000157. The van der Waals surface area contributed by atoms with Gasteiger partial charge >= 0.3 is 5.97 Å². The predicted octanol–water partition coefficient (Wildman–Crippen LogP) is -0.374. The maximum Gasteiger partial charge on any atom is 0.333 e. The molecule has 0 aliphatic carbocycles. The van der Waals surface area contributed by atoms with Crippen LogP contribution >= 0.6 is 0 Å². The van der Waals surface area contributed by atoms with Crippen LogP contribution in [0.2, 0.25) is 0 Å². The van der Waals surface area contributed by atoms with Gasteiger partial charge in [0.1, 0.15) is 5.75 Å². The number of carbonyl (C=O) groups excluding carboxylic acids is 2. The number of aliphatic carboxylic acids is 1. The van der Waals surface area contributed by atoms with Gasteiger partial charge in [0.15, 0.2) is 11.7 Å². The van der Waals surface area contributed by atoms with Crippen LogP contribution in [-0.4, -0.2) is 119 Å². The largest absolute Gasteiger partial charge is 0.479 e. The molecule has 274 valence electrons. The average Bonchev–Trinajstić information content (AvgIpc) is 3.05. The third-order valence-corrected chi connectivity index (χ3v) is 6.13. The molecule has 17 nitrogen and oxygen atoms in total. The van der Waals surface area contributed by atoms with Gasteiger partial charge in [-0.25, -0.2) is 10.7 Å². The van der Waals surface area contributed by atoms with E-state index in [1.807, 2.05) is 21.0 Å². The van der Waals surface area contributed by atoms with E-state index in [2.05, 4.69) is 31.1 Å². The van der Waals surface area contributed by atoms with Gasteiger partial charge in [0.05, 0.1) is 37.2 Å². The van der Waals surface area contributed by atoms with Gasteiger partial charge < -0.3 is 56.2 Å². The average molecular weight is 686 g/mol. The number of nitrogens with one attached hydrogen (secondary N) is 4. The zero-order valence-corrected chi connectivity index (χ0v) is 29.0. The Morgan fingerprint density at radius 2 is 1.77 bits per heavy atom. The first-order valence-corrected chi connectivity index (χ1v) is 15.4. The second-order valence-electron chi connectivity index (χ2n) is 10.7. The van der Waals surface area contributed by atoms with Gasteiger partial charge in [-0.05, 0) is 52.6 Å². The van der Waals surface area contributed by atoms with Crippen LogP contribution in [0.25, 0.3) is 0 Å². The molecule has 2 amide bonds. The number of methoxy groups -OCH3 is 1. The summed E-state index contributed by atoms with van der Waals surface area (Å²) in [5.74, 6) is 3.21. The predicted molar refractivity (Wildman–Crippen MR) is 180 cm³/mol. The highest BCUT2D eigenvalue weighted by Crippen LogP contribution is 2.27. The van der Waals surface area contributed by atoms with E-state index in [-0.39, 0.29) is 63.0 Å². The molecule has 0 saturated carbocycles. The standard InChI is InChI=1S/C23H35N3O10.C6H13N3.C2H7N/c1-23(2,36-24)22(31)26-7-9-33-8-6-25-20(28)16-10-14(13-32-3)4-5-17(16)34-19-12-15(27)11-18(35-19)21(29)30;1-3-9-6(4-7)5-8-2;1-3-2/h4-5,10,15,18-19,27H,6-9,11-13,24H2,1-3H3,(H,25,28)(H,26,31)(H,29,30);4-5,9H,3,7H2,1-2H3;3H,1-2H3/b;6-4+,8-5?;. The fourth-order valence-electron chi connectivity index (χ4n) is 3.78. The van der Waals surface area contributed by atoms with E-state index in [0.717, 1.165) is 17.8 Å². The summed E-state index contributed by atoms with van der Waals surface area (Å²) in [5.41, 5.74) is 5.85. The molecule has 1 aromatic rings. The van der Waals surface area contributed by atoms with E-state index >= 15 is 0 Å². The summed E-state index contributed by atoms with van der Waals surface area (Å²) < 4.78 is 21.7. The van der Waals surface area contributed by atoms with Crippen molar-refractivity contribution >= 4 is 24.0 Å². The van der Waals surface area contributed by atoms with Gasteiger partial charge in [0.2, 0.25) is 6.29 Å². The molecule has 1 aliphatic heterocycles. The van der Waals surface area contributed by atoms with Gasteiger partial charge in [-0.2, -0.15) is 0 Å². The van der Waals surface area contributed by atoms with Crippen molar-refractivity contribution in [2.45, 2.75) is 64.3 Å². The number of hydrogen-bond donors (Lipinski definition) is 8. The number of aliphatic hydroxyl groups excluding tert-OH is 1. The monoisotopic (exact) mass is 685 g/mol. The third kappa shape index (κ3) is 17.9. The highest BCUT2D eigenvalue weighted by Gasteiger charge is 2.34. The number of hydrogen-bond acceptors (Lipinski definition) is 14. The van der Waals surface area contributed by atoms with Crippen molar-refractivity contribution in [2.75, 3.05) is 61.1 Å². The fourth-order valence-corrected chi connectivity index (χ4v) is 3.78. The van der Waals surface area contributed by atoms with Crippen molar-refractivity contribution < 1.29 is 48.4 Å². The number of rotatable bonds is 17. The molecule has 1 heterocycles. The summed E-state index contributed by atoms with van der Waals surface area (Å²) in [5, 5.41) is 30.3. The number of carboxylic acids is 1. The number of ether oxygens (including phenoxy) is 4. The van der Waals surface area contributed by atoms with Crippen molar-refractivity contribution in [3.63, 3.8) is 0 Å². The summed E-state index contributed by atoms with van der Waals surface area (Å²) in [7, 11) is 6.98. The van der Waals surface area contributed by atoms with Crippen molar-refractivity contribution in [1.29, 1.82) is 0 Å². The molecule has 0 radical (unpaired) electrons. The van der Waals surface area contributed by atoms with Gasteiger partial charge in [-0.3, -0.25) is 19.4 Å². The number of allylic oxidation sites excluding steroid dienone is 1. The second-order valence-corrected chi connectivity index (χ2v) is 10.7. The zero-order valence-electron chi connectivity index (χ0n) is 29.0.